The van der Waals surface area contributed by atoms with Crippen LogP contribution in [0.5, 0.6) is 5.75 Å². The number of rotatable bonds is 2. The van der Waals surface area contributed by atoms with E-state index in [1.807, 2.05) is 12.1 Å². The molecule has 1 nitrogen and oxygen atoms in total. The lowest BCUT2D eigenvalue weighted by Crippen LogP contribution is -1.91. The van der Waals surface area contributed by atoms with Crippen molar-refractivity contribution in [2.75, 3.05) is 7.11 Å². The van der Waals surface area contributed by atoms with Crippen molar-refractivity contribution >= 4 is 21.5 Å². The van der Waals surface area contributed by atoms with E-state index in [0.29, 0.717) is 0 Å². The lowest BCUT2D eigenvalue weighted by atomic mass is 9.91. The smallest absolute Gasteiger partial charge is 0.134 e. The van der Waals surface area contributed by atoms with Crippen LogP contribution < -0.4 is 4.74 Å². The second kappa shape index (κ2) is 5.19. The predicted octanol–water partition coefficient (Wildman–Crippen LogP) is 5.47. The van der Waals surface area contributed by atoms with Gasteiger partial charge in [-0.3, -0.25) is 0 Å². The van der Waals surface area contributed by atoms with E-state index >= 15 is 0 Å². The summed E-state index contributed by atoms with van der Waals surface area (Å²) in [6.07, 6.45) is 0. The Morgan fingerprint density at radius 1 is 0.682 bits per heavy atom. The maximum Gasteiger partial charge on any atom is 0.134 e. The van der Waals surface area contributed by atoms with E-state index in [0.717, 1.165) is 16.5 Å². The zero-order valence-corrected chi connectivity index (χ0v) is 12.3. The van der Waals surface area contributed by atoms with Crippen molar-refractivity contribution in [3.05, 3.63) is 78.9 Å². The number of benzene rings is 4. The first-order valence-corrected chi connectivity index (χ1v) is 7.34. The topological polar surface area (TPSA) is 9.23 Å². The summed E-state index contributed by atoms with van der Waals surface area (Å²) in [7, 11) is 1.74. The molecule has 4 aromatic carbocycles. The van der Waals surface area contributed by atoms with Crippen molar-refractivity contribution in [2.24, 2.45) is 0 Å². The van der Waals surface area contributed by atoms with Gasteiger partial charge in [0.2, 0.25) is 0 Å². The highest BCUT2D eigenvalue weighted by Gasteiger charge is 2.14. The molecule has 0 amide bonds. The quantitative estimate of drug-likeness (QED) is 0.443. The summed E-state index contributed by atoms with van der Waals surface area (Å²) in [6.45, 7) is 0. The first-order chi connectivity index (χ1) is 10.9. The van der Waals surface area contributed by atoms with E-state index < -0.39 is 0 Å². The Bertz CT molecular complexity index is 898. The Morgan fingerprint density at radius 3 is 1.68 bits per heavy atom. The van der Waals surface area contributed by atoms with Crippen LogP contribution in [-0.2, 0) is 0 Å². The summed E-state index contributed by atoms with van der Waals surface area (Å²) in [5, 5.41) is 4.71. The third kappa shape index (κ3) is 1.86. The van der Waals surface area contributed by atoms with Gasteiger partial charge < -0.3 is 4.74 Å². The predicted molar refractivity (Wildman–Crippen MR) is 92.3 cm³/mol. The zero-order valence-electron chi connectivity index (χ0n) is 12.3. The minimum atomic E-state index is 0.942. The number of fused-ring (bicyclic) bond motifs is 2. The van der Waals surface area contributed by atoms with Crippen LogP contribution in [-0.4, -0.2) is 7.11 Å². The van der Waals surface area contributed by atoms with Crippen LogP contribution in [0, 0.1) is 6.07 Å². The second-order valence-corrected chi connectivity index (χ2v) is 5.29. The van der Waals surface area contributed by atoms with E-state index in [9.17, 15) is 0 Å². The fourth-order valence-electron chi connectivity index (χ4n) is 3.17. The summed E-state index contributed by atoms with van der Waals surface area (Å²) >= 11 is 0. The number of hydrogen-bond donors (Lipinski definition) is 0. The van der Waals surface area contributed by atoms with Gasteiger partial charge in [-0.1, -0.05) is 72.8 Å². The van der Waals surface area contributed by atoms with Crippen molar-refractivity contribution < 1.29 is 4.74 Å². The van der Waals surface area contributed by atoms with Gasteiger partial charge in [-0.25, -0.2) is 0 Å². The highest BCUT2D eigenvalue weighted by Crippen LogP contribution is 2.42. The Balaban J connectivity index is 2.27. The van der Waals surface area contributed by atoms with Gasteiger partial charge in [0.15, 0.2) is 0 Å². The van der Waals surface area contributed by atoms with Gasteiger partial charge in [-0.05, 0) is 28.0 Å². The van der Waals surface area contributed by atoms with Crippen LogP contribution in [0.3, 0.4) is 0 Å². The minimum absolute atomic E-state index is 0.942. The van der Waals surface area contributed by atoms with Gasteiger partial charge in [0, 0.05) is 10.8 Å². The van der Waals surface area contributed by atoms with Crippen LogP contribution in [0.25, 0.3) is 32.7 Å². The minimum Gasteiger partial charge on any atom is -0.495 e. The Labute approximate surface area is 129 Å². The highest BCUT2D eigenvalue weighted by atomic mass is 16.5. The number of hydrogen-bond acceptors (Lipinski definition) is 1. The fraction of sp³-hybridized carbons (Fsp3) is 0.0476. The molecule has 0 fully saturated rings. The molecule has 1 radical (unpaired) electrons. The molecule has 0 aliphatic carbocycles. The lowest BCUT2D eigenvalue weighted by Gasteiger charge is -2.16. The van der Waals surface area contributed by atoms with Gasteiger partial charge in [0.05, 0.1) is 7.11 Å². The molecular formula is C21H15O. The zero-order chi connectivity index (χ0) is 14.9. The van der Waals surface area contributed by atoms with E-state index in [2.05, 4.69) is 66.7 Å². The molecule has 0 aliphatic rings. The Hall–Kier alpha value is -2.80. The van der Waals surface area contributed by atoms with Gasteiger partial charge >= 0.3 is 0 Å². The normalized spacial score (nSPS) is 11.0. The van der Waals surface area contributed by atoms with Crippen molar-refractivity contribution in [3.8, 4) is 16.9 Å². The van der Waals surface area contributed by atoms with Crippen molar-refractivity contribution in [1.29, 1.82) is 0 Å². The van der Waals surface area contributed by atoms with Crippen LogP contribution in [0.4, 0.5) is 0 Å². The van der Waals surface area contributed by atoms with Gasteiger partial charge in [-0.2, -0.15) is 0 Å². The van der Waals surface area contributed by atoms with Crippen molar-refractivity contribution in [2.45, 2.75) is 0 Å². The number of methoxy groups -OCH3 is 1. The average molecular weight is 283 g/mol. The molecule has 0 aromatic heterocycles. The molecule has 0 N–H and O–H groups in total. The molecule has 0 aliphatic heterocycles. The first kappa shape index (κ1) is 12.9. The summed E-state index contributed by atoms with van der Waals surface area (Å²) in [6, 6.07) is 28.1. The monoisotopic (exact) mass is 283 g/mol. The molecule has 0 heterocycles. The molecule has 22 heavy (non-hydrogen) atoms. The molecule has 4 rings (SSSR count). The SMILES string of the molecule is COc1c2ccccc2c(-c2cc[c]cc2)c2ccccc12. The summed E-state index contributed by atoms with van der Waals surface area (Å²) in [5.41, 5.74) is 2.45. The van der Waals surface area contributed by atoms with Crippen LogP contribution >= 0.6 is 0 Å². The Kier molecular flexibility index (Phi) is 3.05. The third-order valence-electron chi connectivity index (χ3n) is 4.09. The van der Waals surface area contributed by atoms with Crippen LogP contribution in [0.1, 0.15) is 0 Å². The van der Waals surface area contributed by atoms with E-state index in [1.54, 1.807) is 7.11 Å². The molecule has 0 spiro atoms. The van der Waals surface area contributed by atoms with Crippen LogP contribution in [0.2, 0.25) is 0 Å². The molecule has 0 saturated carbocycles. The molecule has 0 saturated heterocycles. The second-order valence-electron chi connectivity index (χ2n) is 5.29. The fourth-order valence-corrected chi connectivity index (χ4v) is 3.17. The third-order valence-corrected chi connectivity index (χ3v) is 4.09. The van der Waals surface area contributed by atoms with Gasteiger partial charge in [0.25, 0.3) is 0 Å². The molecule has 0 bridgehead atoms. The summed E-state index contributed by atoms with van der Waals surface area (Å²) in [4.78, 5) is 0. The first-order valence-electron chi connectivity index (χ1n) is 7.34. The maximum atomic E-state index is 5.73. The van der Waals surface area contributed by atoms with E-state index in [4.69, 9.17) is 4.74 Å². The van der Waals surface area contributed by atoms with Gasteiger partial charge in [-0.15, -0.1) is 0 Å². The Morgan fingerprint density at radius 2 is 1.18 bits per heavy atom. The molecule has 4 aromatic rings. The number of ether oxygens (including phenoxy) is 1. The molecule has 0 atom stereocenters. The highest BCUT2D eigenvalue weighted by molar-refractivity contribution is 6.16. The summed E-state index contributed by atoms with van der Waals surface area (Å²) in [5.74, 6) is 0.942. The standard InChI is InChI=1S/C21H15O/c1-22-21-18-13-7-5-11-16(18)20(15-9-3-2-4-10-15)17-12-6-8-14-19(17)21/h3-14H,1H3. The average Bonchev–Trinajstić information content (AvgIpc) is 2.60. The lowest BCUT2D eigenvalue weighted by molar-refractivity contribution is 0.424. The van der Waals surface area contributed by atoms with Crippen molar-refractivity contribution in [1.82, 2.24) is 0 Å². The van der Waals surface area contributed by atoms with Gasteiger partial charge in [0.1, 0.15) is 5.75 Å². The molecule has 0 unspecified atom stereocenters. The maximum absolute atomic E-state index is 5.73. The van der Waals surface area contributed by atoms with Crippen LogP contribution in [0.15, 0.2) is 72.8 Å². The molecule has 105 valence electrons. The van der Waals surface area contributed by atoms with E-state index in [-0.39, 0.29) is 0 Å². The van der Waals surface area contributed by atoms with E-state index in [1.165, 1.54) is 21.9 Å². The molecule has 1 heteroatoms. The summed E-state index contributed by atoms with van der Waals surface area (Å²) < 4.78 is 5.73. The largest absolute Gasteiger partial charge is 0.495 e. The molecular weight excluding hydrogens is 268 g/mol. The van der Waals surface area contributed by atoms with Crippen molar-refractivity contribution in [3.63, 3.8) is 0 Å².